The van der Waals surface area contributed by atoms with Crippen LogP contribution in [0.25, 0.3) is 0 Å². The molecule has 0 spiro atoms. The molecular weight excluding hydrogens is 224 g/mol. The van der Waals surface area contributed by atoms with E-state index in [1.165, 1.54) is 5.56 Å². The number of hydrogen-bond acceptors (Lipinski definition) is 3. The topological polar surface area (TPSA) is 38.5 Å². The molecule has 0 aromatic heterocycles. The van der Waals surface area contributed by atoms with E-state index in [1.54, 1.807) is 0 Å². The highest BCUT2D eigenvalue weighted by Gasteiger charge is 2.36. The summed E-state index contributed by atoms with van der Waals surface area (Å²) in [7, 11) is 0. The highest BCUT2D eigenvalue weighted by atomic mass is 16.5. The van der Waals surface area contributed by atoms with Gasteiger partial charge in [-0.05, 0) is 44.9 Å². The van der Waals surface area contributed by atoms with Crippen LogP contribution in [-0.4, -0.2) is 29.6 Å². The Balaban J connectivity index is 2.07. The molecule has 1 saturated heterocycles. The van der Waals surface area contributed by atoms with E-state index in [1.807, 2.05) is 13.0 Å². The molecule has 0 amide bonds. The molecule has 1 atom stereocenters. The van der Waals surface area contributed by atoms with E-state index in [4.69, 9.17) is 10.5 Å². The normalized spacial score (nSPS) is 23.2. The van der Waals surface area contributed by atoms with Crippen molar-refractivity contribution in [2.75, 3.05) is 13.2 Å². The quantitative estimate of drug-likeness (QED) is 0.889. The Kier molecular flexibility index (Phi) is 3.93. The van der Waals surface area contributed by atoms with Crippen LogP contribution in [0, 0.1) is 0 Å². The first kappa shape index (κ1) is 13.4. The maximum atomic E-state index is 6.07. The number of nitrogens with two attached hydrogens (primary N) is 1. The first-order chi connectivity index (χ1) is 8.51. The smallest absolute Gasteiger partial charge is 0.119 e. The van der Waals surface area contributed by atoms with Crippen molar-refractivity contribution in [3.05, 3.63) is 29.8 Å². The molecule has 100 valence electrons. The van der Waals surface area contributed by atoms with E-state index in [-0.39, 0.29) is 5.54 Å². The molecule has 1 aromatic rings. The zero-order valence-electron chi connectivity index (χ0n) is 11.6. The van der Waals surface area contributed by atoms with Crippen molar-refractivity contribution in [3.8, 4) is 5.75 Å². The molecule has 0 bridgehead atoms. The standard InChI is InChI=1S/C15H24N2O/c1-4-18-14-7-5-6-12(8-14)10-17-11-13(16)9-15(17,2)3/h5-8,13H,4,9-11,16H2,1-3H3. The largest absolute Gasteiger partial charge is 0.494 e. The van der Waals surface area contributed by atoms with Crippen LogP contribution >= 0.6 is 0 Å². The van der Waals surface area contributed by atoms with E-state index < -0.39 is 0 Å². The number of hydrogen-bond donors (Lipinski definition) is 1. The average Bonchev–Trinajstić information content (AvgIpc) is 2.52. The summed E-state index contributed by atoms with van der Waals surface area (Å²) in [5, 5.41) is 0. The minimum absolute atomic E-state index is 0.195. The molecule has 1 aliphatic heterocycles. The van der Waals surface area contributed by atoms with Crippen LogP contribution < -0.4 is 10.5 Å². The Morgan fingerprint density at radius 2 is 2.22 bits per heavy atom. The minimum atomic E-state index is 0.195. The van der Waals surface area contributed by atoms with Gasteiger partial charge in [0.05, 0.1) is 6.61 Å². The van der Waals surface area contributed by atoms with Crippen molar-refractivity contribution >= 4 is 0 Å². The van der Waals surface area contributed by atoms with Gasteiger partial charge in [0, 0.05) is 24.7 Å². The second kappa shape index (κ2) is 5.29. The van der Waals surface area contributed by atoms with Gasteiger partial charge in [-0.3, -0.25) is 4.90 Å². The number of benzene rings is 1. The van der Waals surface area contributed by atoms with Crippen LogP contribution in [-0.2, 0) is 6.54 Å². The zero-order valence-corrected chi connectivity index (χ0v) is 11.6. The van der Waals surface area contributed by atoms with Crippen LogP contribution in [0.1, 0.15) is 32.8 Å². The fourth-order valence-corrected chi connectivity index (χ4v) is 2.76. The van der Waals surface area contributed by atoms with Crippen LogP contribution in [0.2, 0.25) is 0 Å². The molecular formula is C15H24N2O. The third kappa shape index (κ3) is 3.03. The molecule has 18 heavy (non-hydrogen) atoms. The Morgan fingerprint density at radius 1 is 1.44 bits per heavy atom. The molecule has 3 nitrogen and oxygen atoms in total. The maximum absolute atomic E-state index is 6.07. The van der Waals surface area contributed by atoms with Gasteiger partial charge in [-0.1, -0.05) is 12.1 Å². The maximum Gasteiger partial charge on any atom is 0.119 e. The average molecular weight is 248 g/mol. The highest BCUT2D eigenvalue weighted by Crippen LogP contribution is 2.29. The number of nitrogens with zero attached hydrogens (tertiary/aromatic N) is 1. The summed E-state index contributed by atoms with van der Waals surface area (Å²) < 4.78 is 5.54. The van der Waals surface area contributed by atoms with Crippen molar-refractivity contribution < 1.29 is 4.74 Å². The van der Waals surface area contributed by atoms with Crippen molar-refractivity contribution in [3.63, 3.8) is 0 Å². The van der Waals surface area contributed by atoms with Gasteiger partial charge < -0.3 is 10.5 Å². The highest BCUT2D eigenvalue weighted by molar-refractivity contribution is 5.28. The van der Waals surface area contributed by atoms with Crippen LogP contribution in [0.15, 0.2) is 24.3 Å². The molecule has 0 radical (unpaired) electrons. The van der Waals surface area contributed by atoms with Crippen molar-refractivity contribution in [1.82, 2.24) is 4.90 Å². The third-order valence-electron chi connectivity index (χ3n) is 3.66. The van der Waals surface area contributed by atoms with Crippen LogP contribution in [0.5, 0.6) is 5.75 Å². The molecule has 1 aromatic carbocycles. The van der Waals surface area contributed by atoms with Crippen molar-refractivity contribution in [1.29, 1.82) is 0 Å². The fourth-order valence-electron chi connectivity index (χ4n) is 2.76. The molecule has 3 heteroatoms. The summed E-state index contributed by atoms with van der Waals surface area (Å²) in [5.74, 6) is 0.955. The molecule has 1 fully saturated rings. The molecule has 1 unspecified atom stereocenters. The molecule has 1 aliphatic rings. The predicted octanol–water partition coefficient (Wildman–Crippen LogP) is 2.40. The first-order valence-electron chi connectivity index (χ1n) is 6.73. The van der Waals surface area contributed by atoms with E-state index in [9.17, 15) is 0 Å². The van der Waals surface area contributed by atoms with Crippen LogP contribution in [0.3, 0.4) is 0 Å². The molecule has 2 rings (SSSR count). The Bertz CT molecular complexity index is 403. The Labute approximate surface area is 110 Å². The summed E-state index contributed by atoms with van der Waals surface area (Å²) in [4.78, 5) is 2.46. The zero-order chi connectivity index (χ0) is 13.2. The Morgan fingerprint density at radius 3 is 2.83 bits per heavy atom. The summed E-state index contributed by atoms with van der Waals surface area (Å²) in [6.45, 7) is 9.19. The second-order valence-electron chi connectivity index (χ2n) is 5.74. The lowest BCUT2D eigenvalue weighted by atomic mass is 10.00. The van der Waals surface area contributed by atoms with Gasteiger partial charge in [0.15, 0.2) is 0 Å². The summed E-state index contributed by atoms with van der Waals surface area (Å²) in [6.07, 6.45) is 1.07. The SMILES string of the molecule is CCOc1cccc(CN2CC(N)CC2(C)C)c1. The van der Waals surface area contributed by atoms with Crippen LogP contribution in [0.4, 0.5) is 0 Å². The number of rotatable bonds is 4. The molecule has 2 N–H and O–H groups in total. The summed E-state index contributed by atoms with van der Waals surface area (Å²) in [6, 6.07) is 8.65. The Hall–Kier alpha value is -1.06. The van der Waals surface area contributed by atoms with Crippen molar-refractivity contribution in [2.45, 2.75) is 45.3 Å². The lowest BCUT2D eigenvalue weighted by Gasteiger charge is -2.31. The lowest BCUT2D eigenvalue weighted by molar-refractivity contribution is 0.166. The summed E-state index contributed by atoms with van der Waals surface area (Å²) in [5.41, 5.74) is 7.56. The van der Waals surface area contributed by atoms with Gasteiger partial charge in [-0.15, -0.1) is 0 Å². The second-order valence-corrected chi connectivity index (χ2v) is 5.74. The van der Waals surface area contributed by atoms with Gasteiger partial charge in [0.25, 0.3) is 0 Å². The van der Waals surface area contributed by atoms with Gasteiger partial charge in [-0.2, -0.15) is 0 Å². The van der Waals surface area contributed by atoms with E-state index >= 15 is 0 Å². The van der Waals surface area contributed by atoms with Crippen molar-refractivity contribution in [2.24, 2.45) is 5.73 Å². The minimum Gasteiger partial charge on any atom is -0.494 e. The number of likely N-dealkylation sites (tertiary alicyclic amines) is 1. The summed E-state index contributed by atoms with van der Waals surface area (Å²) >= 11 is 0. The van der Waals surface area contributed by atoms with E-state index in [2.05, 4.69) is 36.9 Å². The number of ether oxygens (including phenoxy) is 1. The van der Waals surface area contributed by atoms with Gasteiger partial charge in [-0.25, -0.2) is 0 Å². The lowest BCUT2D eigenvalue weighted by Crippen LogP contribution is -2.37. The van der Waals surface area contributed by atoms with Gasteiger partial charge >= 0.3 is 0 Å². The third-order valence-corrected chi connectivity index (χ3v) is 3.66. The molecule has 0 aliphatic carbocycles. The van der Waals surface area contributed by atoms with E-state index in [0.29, 0.717) is 12.6 Å². The van der Waals surface area contributed by atoms with Gasteiger partial charge in [0.2, 0.25) is 0 Å². The fraction of sp³-hybridized carbons (Fsp3) is 0.600. The van der Waals surface area contributed by atoms with Gasteiger partial charge in [0.1, 0.15) is 5.75 Å². The molecule has 1 heterocycles. The predicted molar refractivity (Wildman–Crippen MR) is 74.7 cm³/mol. The van der Waals surface area contributed by atoms with E-state index in [0.717, 1.165) is 25.3 Å². The monoisotopic (exact) mass is 248 g/mol. The first-order valence-corrected chi connectivity index (χ1v) is 6.73. The molecule has 0 saturated carbocycles.